The third-order valence-corrected chi connectivity index (χ3v) is 5.89. The largest absolute Gasteiger partial charge is 0.361 e. The highest BCUT2D eigenvalue weighted by molar-refractivity contribution is 7.98. The molecule has 5 rings (SSSR count). The van der Waals surface area contributed by atoms with Crippen molar-refractivity contribution in [1.29, 1.82) is 0 Å². The number of hydrogen-bond acceptors (Lipinski definition) is 6. The third-order valence-electron chi connectivity index (χ3n) is 4.85. The van der Waals surface area contributed by atoms with Crippen molar-refractivity contribution in [3.63, 3.8) is 0 Å². The summed E-state index contributed by atoms with van der Waals surface area (Å²) in [6, 6.07) is 20.9. The first kappa shape index (κ1) is 20.0. The summed E-state index contributed by atoms with van der Waals surface area (Å²) in [7, 11) is 0. The lowest BCUT2D eigenvalue weighted by Gasteiger charge is -2.09. The van der Waals surface area contributed by atoms with Gasteiger partial charge in [-0.05, 0) is 55.5 Å². The molecule has 5 aromatic rings. The number of fused-ring (bicyclic) bond motifs is 1. The van der Waals surface area contributed by atoms with Crippen LogP contribution in [0.1, 0.15) is 21.8 Å². The Morgan fingerprint density at radius 2 is 1.94 bits per heavy atom. The Balaban J connectivity index is 1.29. The monoisotopic (exact) mass is 441 g/mol. The van der Waals surface area contributed by atoms with E-state index < -0.39 is 0 Å². The Morgan fingerprint density at radius 3 is 2.72 bits per heavy atom. The molecular formula is C24H19N5O2S. The fourth-order valence-electron chi connectivity index (χ4n) is 3.31. The van der Waals surface area contributed by atoms with Gasteiger partial charge in [0.25, 0.3) is 5.91 Å². The minimum atomic E-state index is -0.214. The summed E-state index contributed by atoms with van der Waals surface area (Å²) in [5.41, 5.74) is 4.87. The van der Waals surface area contributed by atoms with Crippen molar-refractivity contribution >= 4 is 34.4 Å². The normalized spacial score (nSPS) is 11.0. The molecule has 1 amide bonds. The third kappa shape index (κ3) is 4.26. The second-order valence-corrected chi connectivity index (χ2v) is 8.17. The maximum absolute atomic E-state index is 12.9. The van der Waals surface area contributed by atoms with Crippen LogP contribution in [-0.4, -0.2) is 26.0 Å². The number of carbonyl (C=O) groups excluding carboxylic acids is 1. The van der Waals surface area contributed by atoms with E-state index in [1.165, 1.54) is 11.8 Å². The number of hydrogen-bond donors (Lipinski definition) is 2. The van der Waals surface area contributed by atoms with Crippen molar-refractivity contribution < 1.29 is 9.32 Å². The van der Waals surface area contributed by atoms with Gasteiger partial charge in [-0.2, -0.15) is 0 Å². The number of aromatic amines is 1. The number of thioether (sulfide) groups is 1. The maximum atomic E-state index is 12.9. The van der Waals surface area contributed by atoms with Crippen LogP contribution in [0.2, 0.25) is 0 Å². The van der Waals surface area contributed by atoms with Crippen molar-refractivity contribution in [1.82, 2.24) is 20.1 Å². The quantitative estimate of drug-likeness (QED) is 0.339. The molecule has 0 fully saturated rings. The molecule has 3 heterocycles. The summed E-state index contributed by atoms with van der Waals surface area (Å²) in [6.45, 7) is 1.85. The van der Waals surface area contributed by atoms with Crippen LogP contribution in [0.4, 0.5) is 5.69 Å². The maximum Gasteiger partial charge on any atom is 0.258 e. The zero-order chi connectivity index (χ0) is 21.9. The summed E-state index contributed by atoms with van der Waals surface area (Å²) in [5.74, 6) is 1.90. The number of rotatable bonds is 6. The number of para-hydroxylation sites is 2. The summed E-state index contributed by atoms with van der Waals surface area (Å²) >= 11 is 1.45. The van der Waals surface area contributed by atoms with Crippen molar-refractivity contribution in [2.75, 3.05) is 5.32 Å². The van der Waals surface area contributed by atoms with E-state index in [-0.39, 0.29) is 5.91 Å². The van der Waals surface area contributed by atoms with Gasteiger partial charge in [0.15, 0.2) is 0 Å². The first-order valence-corrected chi connectivity index (χ1v) is 11.0. The zero-order valence-corrected chi connectivity index (χ0v) is 18.0. The second-order valence-electron chi connectivity index (χ2n) is 7.21. The Morgan fingerprint density at radius 1 is 1.09 bits per heavy atom. The van der Waals surface area contributed by atoms with E-state index in [1.807, 2.05) is 61.5 Å². The summed E-state index contributed by atoms with van der Waals surface area (Å²) < 4.78 is 5.10. The van der Waals surface area contributed by atoms with Gasteiger partial charge in [-0.25, -0.2) is 9.97 Å². The molecule has 0 saturated heterocycles. The predicted octanol–water partition coefficient (Wildman–Crippen LogP) is 5.47. The highest BCUT2D eigenvalue weighted by atomic mass is 32.2. The molecule has 0 spiro atoms. The van der Waals surface area contributed by atoms with Crippen molar-refractivity contribution in [2.24, 2.45) is 0 Å². The number of pyridine rings is 1. The lowest BCUT2D eigenvalue weighted by Crippen LogP contribution is -2.13. The highest BCUT2D eigenvalue weighted by Crippen LogP contribution is 2.26. The number of imidazole rings is 1. The van der Waals surface area contributed by atoms with Crippen molar-refractivity contribution in [3.8, 4) is 11.4 Å². The average Bonchev–Trinajstić information content (AvgIpc) is 3.44. The minimum Gasteiger partial charge on any atom is -0.361 e. The number of anilines is 1. The standard InChI is InChI=1S/C24H19N5O2S/c1-15-13-18(29-31-15)14-32-24-19(5-4-12-25-24)23(30)26-17-10-8-16(9-11-17)22-27-20-6-2-3-7-21(20)28-22/h2-13H,14H2,1H3,(H,26,30)(H,27,28). The number of amides is 1. The van der Waals surface area contributed by atoms with E-state index in [4.69, 9.17) is 4.52 Å². The number of benzene rings is 2. The van der Waals surface area contributed by atoms with Crippen LogP contribution in [0.5, 0.6) is 0 Å². The van der Waals surface area contributed by atoms with Gasteiger partial charge < -0.3 is 14.8 Å². The Kier molecular flexibility index (Phi) is 5.43. The SMILES string of the molecule is Cc1cc(CSc2ncccc2C(=O)Nc2ccc(-c3nc4ccccc4[nH]3)cc2)no1. The number of nitrogens with one attached hydrogen (secondary N) is 2. The minimum absolute atomic E-state index is 0.214. The molecule has 0 bridgehead atoms. The first-order chi connectivity index (χ1) is 15.7. The van der Waals surface area contributed by atoms with E-state index in [0.717, 1.165) is 33.9 Å². The molecule has 32 heavy (non-hydrogen) atoms. The van der Waals surface area contributed by atoms with E-state index >= 15 is 0 Å². The number of aryl methyl sites for hydroxylation is 1. The molecule has 8 heteroatoms. The van der Waals surface area contributed by atoms with E-state index in [0.29, 0.717) is 22.0 Å². The van der Waals surface area contributed by atoms with Gasteiger partial charge in [-0.15, -0.1) is 0 Å². The van der Waals surface area contributed by atoms with Crippen LogP contribution in [0.25, 0.3) is 22.4 Å². The van der Waals surface area contributed by atoms with Gasteiger partial charge in [0.2, 0.25) is 0 Å². The molecule has 0 aliphatic carbocycles. The van der Waals surface area contributed by atoms with Gasteiger partial charge in [-0.3, -0.25) is 4.79 Å². The molecule has 3 aromatic heterocycles. The molecule has 0 unspecified atom stereocenters. The molecule has 2 aromatic carbocycles. The van der Waals surface area contributed by atoms with Gasteiger partial charge in [0, 0.05) is 29.3 Å². The summed E-state index contributed by atoms with van der Waals surface area (Å²) in [6.07, 6.45) is 1.68. The lowest BCUT2D eigenvalue weighted by atomic mass is 10.2. The fraction of sp³-hybridized carbons (Fsp3) is 0.0833. The highest BCUT2D eigenvalue weighted by Gasteiger charge is 2.14. The molecule has 0 aliphatic heterocycles. The molecule has 7 nitrogen and oxygen atoms in total. The van der Waals surface area contributed by atoms with Gasteiger partial charge in [0.05, 0.1) is 22.3 Å². The van der Waals surface area contributed by atoms with Crippen LogP contribution in [0.15, 0.2) is 82.5 Å². The van der Waals surface area contributed by atoms with E-state index in [9.17, 15) is 4.79 Å². The number of aromatic nitrogens is 4. The zero-order valence-electron chi connectivity index (χ0n) is 17.2. The first-order valence-electron chi connectivity index (χ1n) is 10.0. The molecule has 2 N–H and O–H groups in total. The molecule has 0 aliphatic rings. The van der Waals surface area contributed by atoms with Gasteiger partial charge in [-0.1, -0.05) is 29.1 Å². The number of H-pyrrole nitrogens is 1. The van der Waals surface area contributed by atoms with E-state index in [2.05, 4.69) is 25.4 Å². The topological polar surface area (TPSA) is 96.7 Å². The number of carbonyl (C=O) groups is 1. The van der Waals surface area contributed by atoms with Crippen LogP contribution in [-0.2, 0) is 5.75 Å². The molecule has 0 atom stereocenters. The molecular weight excluding hydrogens is 422 g/mol. The average molecular weight is 442 g/mol. The van der Waals surface area contributed by atoms with Crippen LogP contribution in [0, 0.1) is 6.92 Å². The Labute approximate surface area is 188 Å². The van der Waals surface area contributed by atoms with E-state index in [1.54, 1.807) is 18.3 Å². The Hall–Kier alpha value is -3.91. The summed E-state index contributed by atoms with van der Waals surface area (Å²) in [5, 5.41) is 7.58. The molecule has 158 valence electrons. The summed E-state index contributed by atoms with van der Waals surface area (Å²) in [4.78, 5) is 25.2. The molecule has 0 radical (unpaired) electrons. The van der Waals surface area contributed by atoms with Crippen LogP contribution in [0.3, 0.4) is 0 Å². The van der Waals surface area contributed by atoms with Crippen LogP contribution < -0.4 is 5.32 Å². The second kappa shape index (κ2) is 8.68. The number of nitrogens with zero attached hydrogens (tertiary/aromatic N) is 3. The van der Waals surface area contributed by atoms with Crippen molar-refractivity contribution in [3.05, 3.63) is 89.9 Å². The molecule has 0 saturated carbocycles. The van der Waals surface area contributed by atoms with Crippen molar-refractivity contribution in [2.45, 2.75) is 17.7 Å². The fourth-order valence-corrected chi connectivity index (χ4v) is 4.18. The van der Waals surface area contributed by atoms with Gasteiger partial charge >= 0.3 is 0 Å². The van der Waals surface area contributed by atoms with Crippen LogP contribution >= 0.6 is 11.8 Å². The Bertz CT molecular complexity index is 1360. The predicted molar refractivity (Wildman–Crippen MR) is 125 cm³/mol. The lowest BCUT2D eigenvalue weighted by molar-refractivity contribution is 0.102. The van der Waals surface area contributed by atoms with Gasteiger partial charge in [0.1, 0.15) is 16.6 Å². The smallest absolute Gasteiger partial charge is 0.258 e.